The highest BCUT2D eigenvalue weighted by Gasteiger charge is 2.17. The quantitative estimate of drug-likeness (QED) is 0.171. The lowest BCUT2D eigenvalue weighted by Crippen LogP contribution is -1.96. The molecule has 0 radical (unpaired) electrons. The molecule has 0 spiro atoms. The van der Waals surface area contributed by atoms with Gasteiger partial charge >= 0.3 is 0 Å². The van der Waals surface area contributed by atoms with E-state index in [0.717, 1.165) is 12.1 Å². The molecule has 0 saturated heterocycles. The van der Waals surface area contributed by atoms with Crippen molar-refractivity contribution in [1.82, 2.24) is 9.13 Å². The van der Waals surface area contributed by atoms with Crippen LogP contribution in [0.3, 0.4) is 0 Å². The number of nitrogens with zero attached hydrogens (tertiary/aromatic N) is 2. The zero-order chi connectivity index (χ0) is 31.0. The van der Waals surface area contributed by atoms with Gasteiger partial charge in [0, 0.05) is 32.9 Å². The summed E-state index contributed by atoms with van der Waals surface area (Å²) in [5.41, 5.74) is 11.8. The van der Waals surface area contributed by atoms with Crippen LogP contribution in [0.5, 0.6) is 0 Å². The summed E-state index contributed by atoms with van der Waals surface area (Å²) >= 11 is 0. The number of para-hydroxylation sites is 2. The molecule has 0 unspecified atom stereocenters. The van der Waals surface area contributed by atoms with Gasteiger partial charge < -0.3 is 9.13 Å². The largest absolute Gasteiger partial charge is 0.309 e. The zero-order valence-electron chi connectivity index (χ0n) is 25.9. The SMILES string of the molecule is C=CC=C(C=C(C)c1ccccc1)n1c2ccccc2c2ccc(-c3ccc4c5ccccc5n(C5=CC=CCC=C5)c4c3)cc21. The van der Waals surface area contributed by atoms with Gasteiger partial charge in [-0.3, -0.25) is 0 Å². The Labute approximate surface area is 269 Å². The molecule has 0 fully saturated rings. The maximum absolute atomic E-state index is 4.08. The number of rotatable bonds is 6. The van der Waals surface area contributed by atoms with Gasteiger partial charge in [-0.1, -0.05) is 122 Å². The summed E-state index contributed by atoms with van der Waals surface area (Å²) in [6.07, 6.45) is 18.2. The van der Waals surface area contributed by atoms with E-state index in [4.69, 9.17) is 0 Å². The van der Waals surface area contributed by atoms with E-state index < -0.39 is 0 Å². The predicted molar refractivity (Wildman–Crippen MR) is 200 cm³/mol. The number of hydrogen-bond acceptors (Lipinski definition) is 0. The molecule has 2 heteroatoms. The van der Waals surface area contributed by atoms with Crippen molar-refractivity contribution in [2.45, 2.75) is 13.3 Å². The number of benzene rings is 5. The van der Waals surface area contributed by atoms with E-state index >= 15 is 0 Å². The van der Waals surface area contributed by atoms with Gasteiger partial charge in [-0.2, -0.15) is 0 Å². The van der Waals surface area contributed by atoms with Crippen LogP contribution in [0, 0.1) is 0 Å². The van der Waals surface area contributed by atoms with Crippen LogP contribution >= 0.6 is 0 Å². The second-order valence-electron chi connectivity index (χ2n) is 11.8. The van der Waals surface area contributed by atoms with Gasteiger partial charge in [0.05, 0.1) is 22.1 Å². The molecule has 7 aromatic rings. The Morgan fingerprint density at radius 1 is 0.652 bits per heavy atom. The average Bonchev–Trinajstić information content (AvgIpc) is 3.46. The van der Waals surface area contributed by atoms with Crippen molar-refractivity contribution in [3.63, 3.8) is 0 Å². The molecule has 5 aromatic carbocycles. The molecular formula is C44H34N2. The third-order valence-corrected chi connectivity index (χ3v) is 9.04. The molecule has 8 rings (SSSR count). The lowest BCUT2D eigenvalue weighted by Gasteiger charge is -2.12. The van der Waals surface area contributed by atoms with E-state index in [1.165, 1.54) is 71.6 Å². The molecule has 0 N–H and O–H groups in total. The number of aromatic nitrogens is 2. The first-order valence-electron chi connectivity index (χ1n) is 15.9. The van der Waals surface area contributed by atoms with Gasteiger partial charge in [0.2, 0.25) is 0 Å². The Hall–Kier alpha value is -5.86. The van der Waals surface area contributed by atoms with Crippen molar-refractivity contribution in [3.05, 3.63) is 176 Å². The van der Waals surface area contributed by atoms with Crippen molar-refractivity contribution < 1.29 is 0 Å². The van der Waals surface area contributed by atoms with Crippen LogP contribution in [0.2, 0.25) is 0 Å². The first-order chi connectivity index (χ1) is 22.7. The Balaban J connectivity index is 1.35. The fourth-order valence-corrected chi connectivity index (χ4v) is 6.89. The molecule has 0 aliphatic heterocycles. The maximum atomic E-state index is 4.08. The summed E-state index contributed by atoms with van der Waals surface area (Å²) in [7, 11) is 0. The van der Waals surface area contributed by atoms with Crippen LogP contribution < -0.4 is 0 Å². The van der Waals surface area contributed by atoms with E-state index in [1.807, 2.05) is 6.08 Å². The fraction of sp³-hybridized carbons (Fsp3) is 0.0455. The van der Waals surface area contributed by atoms with Crippen LogP contribution in [0.4, 0.5) is 0 Å². The smallest absolute Gasteiger partial charge is 0.0547 e. The summed E-state index contributed by atoms with van der Waals surface area (Å²) in [6, 6.07) is 41.8. The summed E-state index contributed by atoms with van der Waals surface area (Å²) in [6.45, 7) is 6.26. The molecule has 2 heterocycles. The van der Waals surface area contributed by atoms with Crippen LogP contribution in [0.25, 0.3) is 71.7 Å². The van der Waals surface area contributed by atoms with Crippen LogP contribution in [0.15, 0.2) is 170 Å². The van der Waals surface area contributed by atoms with E-state index in [-0.39, 0.29) is 0 Å². The molecule has 0 saturated carbocycles. The Morgan fingerprint density at radius 3 is 2.04 bits per heavy atom. The van der Waals surface area contributed by atoms with E-state index in [2.05, 4.69) is 180 Å². The second kappa shape index (κ2) is 11.6. The number of hydrogen-bond donors (Lipinski definition) is 0. The van der Waals surface area contributed by atoms with Crippen molar-refractivity contribution in [3.8, 4) is 11.1 Å². The van der Waals surface area contributed by atoms with E-state index in [0.29, 0.717) is 0 Å². The summed E-state index contributed by atoms with van der Waals surface area (Å²) in [4.78, 5) is 0. The number of allylic oxidation sites excluding steroid dienone is 11. The van der Waals surface area contributed by atoms with Crippen molar-refractivity contribution in [2.75, 3.05) is 0 Å². The highest BCUT2D eigenvalue weighted by molar-refractivity contribution is 6.13. The van der Waals surface area contributed by atoms with Crippen LogP contribution in [-0.2, 0) is 0 Å². The molecule has 0 bridgehead atoms. The molecule has 220 valence electrons. The minimum atomic E-state index is 0.943. The molecule has 2 nitrogen and oxygen atoms in total. The first-order valence-corrected chi connectivity index (χ1v) is 15.9. The third-order valence-electron chi connectivity index (χ3n) is 9.04. The normalized spacial score (nSPS) is 14.0. The lowest BCUT2D eigenvalue weighted by molar-refractivity contribution is 1.23. The summed E-state index contributed by atoms with van der Waals surface area (Å²) in [5.74, 6) is 0. The molecule has 46 heavy (non-hydrogen) atoms. The molecule has 0 atom stereocenters. The van der Waals surface area contributed by atoms with Crippen molar-refractivity contribution in [1.29, 1.82) is 0 Å². The average molecular weight is 591 g/mol. The van der Waals surface area contributed by atoms with E-state index in [1.54, 1.807) is 0 Å². The zero-order valence-corrected chi connectivity index (χ0v) is 25.9. The van der Waals surface area contributed by atoms with Crippen LogP contribution in [0.1, 0.15) is 18.9 Å². The molecule has 2 aromatic heterocycles. The van der Waals surface area contributed by atoms with Gasteiger partial charge in [-0.05, 0) is 84.2 Å². The van der Waals surface area contributed by atoms with E-state index in [9.17, 15) is 0 Å². The van der Waals surface area contributed by atoms with Crippen LogP contribution in [-0.4, -0.2) is 9.13 Å². The van der Waals surface area contributed by atoms with Gasteiger partial charge in [-0.25, -0.2) is 0 Å². The first kappa shape index (κ1) is 27.7. The van der Waals surface area contributed by atoms with Gasteiger partial charge in [-0.15, -0.1) is 0 Å². The van der Waals surface area contributed by atoms with Crippen molar-refractivity contribution in [2.24, 2.45) is 0 Å². The molecule has 0 amide bonds. The Morgan fingerprint density at radius 2 is 1.28 bits per heavy atom. The Bertz CT molecular complexity index is 2450. The lowest BCUT2D eigenvalue weighted by atomic mass is 10.0. The standard InChI is InChI=1S/C44H34N2/c1-3-15-36(28-31(2)32-16-7-6-8-17-32)46-42-23-14-12-21-38(42)40-27-25-34(30-44(40)46)33-24-26-39-37-20-11-13-22-41(37)45(43(39)29-33)35-18-9-4-5-10-19-35/h3-4,6-30H,1,5H2,2H3. The topological polar surface area (TPSA) is 9.86 Å². The predicted octanol–water partition coefficient (Wildman–Crippen LogP) is 12.1. The molecular weight excluding hydrogens is 556 g/mol. The number of fused-ring (bicyclic) bond motifs is 6. The maximum Gasteiger partial charge on any atom is 0.0547 e. The van der Waals surface area contributed by atoms with Gasteiger partial charge in [0.25, 0.3) is 0 Å². The summed E-state index contributed by atoms with van der Waals surface area (Å²) in [5, 5.41) is 4.99. The second-order valence-corrected chi connectivity index (χ2v) is 11.8. The highest BCUT2D eigenvalue weighted by atomic mass is 15.0. The van der Waals surface area contributed by atoms with Gasteiger partial charge in [0.1, 0.15) is 0 Å². The molecule has 1 aliphatic rings. The minimum absolute atomic E-state index is 0.943. The van der Waals surface area contributed by atoms with Crippen molar-refractivity contribution >= 4 is 60.6 Å². The third kappa shape index (κ3) is 4.67. The van der Waals surface area contributed by atoms with Gasteiger partial charge in [0.15, 0.2) is 0 Å². The molecule has 1 aliphatic carbocycles. The highest BCUT2D eigenvalue weighted by Crippen LogP contribution is 2.38. The summed E-state index contributed by atoms with van der Waals surface area (Å²) < 4.78 is 4.78. The fourth-order valence-electron chi connectivity index (χ4n) is 6.89. The Kier molecular flexibility index (Phi) is 6.96. The minimum Gasteiger partial charge on any atom is -0.309 e. The monoisotopic (exact) mass is 590 g/mol.